The zero-order valence-corrected chi connectivity index (χ0v) is 10.4. The monoisotopic (exact) mass is 261 g/mol. The van der Waals surface area contributed by atoms with Gasteiger partial charge in [-0.05, 0) is 19.1 Å². The average molecular weight is 261 g/mol. The number of aromatic nitrogens is 2. The molecular weight excluding hydrogens is 246 g/mol. The minimum atomic E-state index is -0.397. The molecule has 0 aliphatic carbocycles. The molecule has 100 valence electrons. The average Bonchev–Trinajstić information content (AvgIpc) is 2.79. The van der Waals surface area contributed by atoms with E-state index in [2.05, 4.69) is 15.5 Å². The smallest absolute Gasteiger partial charge is 0.275 e. The normalized spacial score (nSPS) is 10.2. The lowest BCUT2D eigenvalue weighted by Gasteiger charge is -2.10. The second kappa shape index (κ2) is 5.30. The molecule has 1 heterocycles. The number of nitrogen functional groups attached to an aromatic ring is 2. The van der Waals surface area contributed by atoms with Crippen molar-refractivity contribution in [3.05, 3.63) is 30.1 Å². The van der Waals surface area contributed by atoms with Crippen molar-refractivity contribution in [1.82, 2.24) is 10.2 Å². The van der Waals surface area contributed by atoms with Crippen LogP contribution in [0.3, 0.4) is 0 Å². The Bertz CT molecular complexity index is 594. The lowest BCUT2D eigenvalue weighted by Crippen LogP contribution is -2.15. The van der Waals surface area contributed by atoms with E-state index < -0.39 is 5.91 Å². The molecular formula is C12H15N5O2. The molecule has 1 amide bonds. The van der Waals surface area contributed by atoms with Crippen LogP contribution in [0.1, 0.15) is 17.4 Å². The number of H-pyrrole nitrogens is 1. The van der Waals surface area contributed by atoms with Crippen molar-refractivity contribution in [1.29, 1.82) is 0 Å². The summed E-state index contributed by atoms with van der Waals surface area (Å²) in [5, 5.41) is 8.86. The van der Waals surface area contributed by atoms with E-state index in [1.54, 1.807) is 18.2 Å². The molecule has 0 spiro atoms. The number of amides is 1. The number of rotatable bonds is 4. The first-order valence-electron chi connectivity index (χ1n) is 5.74. The third-order valence-corrected chi connectivity index (χ3v) is 2.48. The standard InChI is InChI=1S/C12H15N5O2/c1-2-19-7-3-4-10(8(13)5-7)16-12(18)11-9(14)6-15-17-11/h3-6H,2,13-14H2,1H3,(H,15,17)(H,16,18). The van der Waals surface area contributed by atoms with Gasteiger partial charge in [-0.25, -0.2) is 0 Å². The summed E-state index contributed by atoms with van der Waals surface area (Å²) in [4.78, 5) is 11.9. The van der Waals surface area contributed by atoms with Crippen LogP contribution in [-0.2, 0) is 0 Å². The van der Waals surface area contributed by atoms with Crippen LogP contribution in [0.25, 0.3) is 0 Å². The van der Waals surface area contributed by atoms with Crippen LogP contribution in [0.5, 0.6) is 5.75 Å². The molecule has 0 fully saturated rings. The molecule has 0 saturated carbocycles. The van der Waals surface area contributed by atoms with Gasteiger partial charge in [0.2, 0.25) is 0 Å². The van der Waals surface area contributed by atoms with Gasteiger partial charge in [-0.3, -0.25) is 9.89 Å². The molecule has 1 aromatic carbocycles. The van der Waals surface area contributed by atoms with E-state index >= 15 is 0 Å². The Balaban J connectivity index is 2.15. The number of nitrogens with one attached hydrogen (secondary N) is 2. The van der Waals surface area contributed by atoms with E-state index in [1.807, 2.05) is 6.92 Å². The summed E-state index contributed by atoms with van der Waals surface area (Å²) >= 11 is 0. The van der Waals surface area contributed by atoms with Crippen molar-refractivity contribution < 1.29 is 9.53 Å². The van der Waals surface area contributed by atoms with Crippen molar-refractivity contribution in [3.8, 4) is 5.75 Å². The van der Waals surface area contributed by atoms with Crippen molar-refractivity contribution in [2.24, 2.45) is 0 Å². The lowest BCUT2D eigenvalue weighted by atomic mass is 10.2. The number of hydrogen-bond donors (Lipinski definition) is 4. The Morgan fingerprint density at radius 1 is 1.42 bits per heavy atom. The van der Waals surface area contributed by atoms with Gasteiger partial charge in [0.15, 0.2) is 0 Å². The molecule has 0 aliphatic heterocycles. The number of aromatic amines is 1. The number of carbonyl (C=O) groups is 1. The van der Waals surface area contributed by atoms with Crippen LogP contribution in [0.4, 0.5) is 17.1 Å². The topological polar surface area (TPSA) is 119 Å². The molecule has 2 aromatic rings. The molecule has 0 bridgehead atoms. The minimum Gasteiger partial charge on any atom is -0.494 e. The highest BCUT2D eigenvalue weighted by Gasteiger charge is 2.13. The van der Waals surface area contributed by atoms with E-state index in [-0.39, 0.29) is 11.4 Å². The van der Waals surface area contributed by atoms with Gasteiger partial charge >= 0.3 is 0 Å². The van der Waals surface area contributed by atoms with Crippen molar-refractivity contribution >= 4 is 23.0 Å². The first kappa shape index (κ1) is 12.7. The number of hydrogen-bond acceptors (Lipinski definition) is 5. The molecule has 0 saturated heterocycles. The second-order valence-electron chi connectivity index (χ2n) is 3.84. The molecule has 6 N–H and O–H groups in total. The molecule has 0 atom stereocenters. The van der Waals surface area contributed by atoms with Crippen LogP contribution >= 0.6 is 0 Å². The Morgan fingerprint density at radius 3 is 2.79 bits per heavy atom. The maximum atomic E-state index is 11.9. The predicted octanol–water partition coefficient (Wildman–Crippen LogP) is 1.23. The van der Waals surface area contributed by atoms with Gasteiger partial charge in [0.25, 0.3) is 5.91 Å². The van der Waals surface area contributed by atoms with E-state index in [4.69, 9.17) is 16.2 Å². The van der Waals surface area contributed by atoms with Gasteiger partial charge in [0, 0.05) is 6.07 Å². The van der Waals surface area contributed by atoms with E-state index in [0.29, 0.717) is 23.7 Å². The van der Waals surface area contributed by atoms with Crippen molar-refractivity contribution in [2.45, 2.75) is 6.92 Å². The number of ether oxygens (including phenoxy) is 1. The first-order chi connectivity index (χ1) is 9.11. The predicted molar refractivity (Wildman–Crippen MR) is 73.0 cm³/mol. The molecule has 0 unspecified atom stereocenters. The number of benzene rings is 1. The van der Waals surface area contributed by atoms with E-state index in [0.717, 1.165) is 0 Å². The summed E-state index contributed by atoms with van der Waals surface area (Å²) in [5.74, 6) is 0.255. The molecule has 19 heavy (non-hydrogen) atoms. The van der Waals surface area contributed by atoms with Gasteiger partial charge in [-0.15, -0.1) is 0 Å². The van der Waals surface area contributed by atoms with E-state index in [1.165, 1.54) is 6.20 Å². The Kier molecular flexibility index (Phi) is 3.56. The van der Waals surface area contributed by atoms with Crippen molar-refractivity contribution in [2.75, 3.05) is 23.4 Å². The summed E-state index contributed by atoms with van der Waals surface area (Å²) < 4.78 is 5.31. The van der Waals surface area contributed by atoms with Gasteiger partial charge in [-0.2, -0.15) is 5.10 Å². The minimum absolute atomic E-state index is 0.202. The van der Waals surface area contributed by atoms with Crippen LogP contribution in [0.2, 0.25) is 0 Å². The summed E-state index contributed by atoms with van der Waals surface area (Å²) in [7, 11) is 0. The lowest BCUT2D eigenvalue weighted by molar-refractivity contribution is 0.102. The quantitative estimate of drug-likeness (QED) is 0.617. The fourth-order valence-corrected chi connectivity index (χ4v) is 1.57. The van der Waals surface area contributed by atoms with Crippen LogP contribution in [-0.4, -0.2) is 22.7 Å². The van der Waals surface area contributed by atoms with Crippen LogP contribution < -0.4 is 21.5 Å². The third kappa shape index (κ3) is 2.76. The molecule has 0 aliphatic rings. The molecule has 7 nitrogen and oxygen atoms in total. The van der Waals surface area contributed by atoms with Crippen LogP contribution in [0, 0.1) is 0 Å². The first-order valence-corrected chi connectivity index (χ1v) is 5.74. The fraction of sp³-hybridized carbons (Fsp3) is 0.167. The summed E-state index contributed by atoms with van der Waals surface area (Å²) in [6.07, 6.45) is 1.37. The Hall–Kier alpha value is -2.70. The molecule has 7 heteroatoms. The summed E-state index contributed by atoms with van der Waals surface area (Å²) in [6.45, 7) is 2.43. The molecule has 1 aromatic heterocycles. The zero-order valence-electron chi connectivity index (χ0n) is 10.4. The Morgan fingerprint density at radius 2 is 2.21 bits per heavy atom. The second-order valence-corrected chi connectivity index (χ2v) is 3.84. The maximum Gasteiger partial charge on any atom is 0.275 e. The molecule has 0 radical (unpaired) electrons. The Labute approximate surface area is 109 Å². The maximum absolute atomic E-state index is 11.9. The van der Waals surface area contributed by atoms with E-state index in [9.17, 15) is 4.79 Å². The zero-order chi connectivity index (χ0) is 13.8. The van der Waals surface area contributed by atoms with Gasteiger partial charge in [0.05, 0.1) is 29.9 Å². The summed E-state index contributed by atoms with van der Waals surface area (Å²) in [5.41, 5.74) is 12.8. The number of carbonyl (C=O) groups excluding carboxylic acids is 1. The highest BCUT2D eigenvalue weighted by Crippen LogP contribution is 2.25. The largest absolute Gasteiger partial charge is 0.494 e. The number of nitrogens with two attached hydrogens (primary N) is 2. The third-order valence-electron chi connectivity index (χ3n) is 2.48. The SMILES string of the molecule is CCOc1ccc(NC(=O)c2[nH]ncc2N)c(N)c1. The highest BCUT2D eigenvalue weighted by atomic mass is 16.5. The van der Waals surface area contributed by atoms with Gasteiger partial charge in [0.1, 0.15) is 11.4 Å². The van der Waals surface area contributed by atoms with Gasteiger partial charge < -0.3 is 21.5 Å². The number of nitrogens with zero attached hydrogens (tertiary/aromatic N) is 1. The summed E-state index contributed by atoms with van der Waals surface area (Å²) in [6, 6.07) is 5.05. The fourth-order valence-electron chi connectivity index (χ4n) is 1.57. The van der Waals surface area contributed by atoms with Crippen LogP contribution in [0.15, 0.2) is 24.4 Å². The van der Waals surface area contributed by atoms with Gasteiger partial charge in [-0.1, -0.05) is 0 Å². The highest BCUT2D eigenvalue weighted by molar-refractivity contribution is 6.07. The van der Waals surface area contributed by atoms with Crippen molar-refractivity contribution in [3.63, 3.8) is 0 Å². The number of anilines is 3. The molecule has 2 rings (SSSR count).